The second-order valence-corrected chi connectivity index (χ2v) is 6.62. The van der Waals surface area contributed by atoms with Crippen LogP contribution in [0.15, 0.2) is 53.5 Å². The molecule has 0 radical (unpaired) electrons. The molecule has 9 heteroatoms. The van der Waals surface area contributed by atoms with Crippen LogP contribution in [0.1, 0.15) is 10.4 Å². The fraction of sp³-hybridized carbons (Fsp3) is 0.167. The van der Waals surface area contributed by atoms with Crippen LogP contribution < -0.4 is 20.2 Å². The zero-order chi connectivity index (χ0) is 19.1. The highest BCUT2D eigenvalue weighted by atomic mass is 32.1. The maximum Gasteiger partial charge on any atom is 0.320 e. The lowest BCUT2D eigenvalue weighted by Gasteiger charge is -2.09. The summed E-state index contributed by atoms with van der Waals surface area (Å²) in [5.74, 6) is 1.06. The van der Waals surface area contributed by atoms with Crippen LogP contribution in [0.5, 0.6) is 11.6 Å². The zero-order valence-corrected chi connectivity index (χ0v) is 15.1. The van der Waals surface area contributed by atoms with E-state index in [1.807, 2.05) is 12.1 Å². The minimum atomic E-state index is -0.349. The number of aromatic nitrogens is 2. The molecule has 0 atom stereocenters. The summed E-state index contributed by atoms with van der Waals surface area (Å²) in [7, 11) is 0. The van der Waals surface area contributed by atoms with Crippen LogP contribution in [0.4, 0.5) is 10.6 Å². The summed E-state index contributed by atoms with van der Waals surface area (Å²) in [6.45, 7) is 0.654. The maximum atomic E-state index is 11.7. The van der Waals surface area contributed by atoms with Crippen molar-refractivity contribution in [3.63, 3.8) is 0 Å². The largest absolute Gasteiger partial charge is 0.494 e. The third kappa shape index (κ3) is 5.58. The smallest absolute Gasteiger partial charge is 0.320 e. The fourth-order valence-corrected chi connectivity index (χ4v) is 3.05. The first-order chi connectivity index (χ1) is 13.1. The van der Waals surface area contributed by atoms with E-state index in [9.17, 15) is 14.7 Å². The molecule has 0 fully saturated rings. The van der Waals surface area contributed by atoms with Crippen LogP contribution in [0.25, 0.3) is 0 Å². The van der Waals surface area contributed by atoms with Crippen LogP contribution in [0.3, 0.4) is 0 Å². The van der Waals surface area contributed by atoms with Crippen molar-refractivity contribution in [1.29, 1.82) is 0 Å². The Morgan fingerprint density at radius 1 is 1.22 bits per heavy atom. The SMILES string of the molecule is O=C(NCCOc1ccc(Cc2sc(=O)[nH]c2O)cc1)Nc1ccccn1. The zero-order valence-electron chi connectivity index (χ0n) is 14.3. The second-order valence-electron chi connectivity index (χ2n) is 5.55. The Labute approximate surface area is 158 Å². The first kappa shape index (κ1) is 18.5. The Hall–Kier alpha value is -3.33. The lowest BCUT2D eigenvalue weighted by molar-refractivity contribution is 0.247. The van der Waals surface area contributed by atoms with Crippen molar-refractivity contribution in [3.8, 4) is 11.6 Å². The molecule has 0 aliphatic heterocycles. The Morgan fingerprint density at radius 3 is 2.70 bits per heavy atom. The van der Waals surface area contributed by atoms with Crippen LogP contribution >= 0.6 is 11.3 Å². The first-order valence-corrected chi connectivity index (χ1v) is 9.00. The summed E-state index contributed by atoms with van der Waals surface area (Å²) in [5.41, 5.74) is 0.945. The number of carbonyl (C=O) groups is 1. The van der Waals surface area contributed by atoms with Gasteiger partial charge in [-0.25, -0.2) is 9.78 Å². The summed E-state index contributed by atoms with van der Waals surface area (Å²) < 4.78 is 5.58. The van der Waals surface area contributed by atoms with E-state index >= 15 is 0 Å². The number of pyridine rings is 1. The Morgan fingerprint density at radius 2 is 2.04 bits per heavy atom. The molecule has 8 nitrogen and oxygen atoms in total. The molecule has 3 rings (SSSR count). The lowest BCUT2D eigenvalue weighted by Crippen LogP contribution is -2.32. The fourth-order valence-electron chi connectivity index (χ4n) is 2.29. The number of nitrogens with one attached hydrogen (secondary N) is 3. The van der Waals surface area contributed by atoms with Gasteiger partial charge in [0, 0.05) is 12.6 Å². The van der Waals surface area contributed by atoms with Gasteiger partial charge in [0.05, 0.1) is 11.4 Å². The molecular weight excluding hydrogens is 368 g/mol. The predicted molar refractivity (Wildman–Crippen MR) is 103 cm³/mol. The van der Waals surface area contributed by atoms with Gasteiger partial charge in [-0.15, -0.1) is 0 Å². The molecule has 0 bridgehead atoms. The molecule has 4 N–H and O–H groups in total. The van der Waals surface area contributed by atoms with Crippen LogP contribution in [0.2, 0.25) is 0 Å². The number of aromatic hydroxyl groups is 1. The molecule has 2 heterocycles. The van der Waals surface area contributed by atoms with Crippen molar-refractivity contribution < 1.29 is 14.6 Å². The lowest BCUT2D eigenvalue weighted by atomic mass is 10.1. The van der Waals surface area contributed by atoms with Gasteiger partial charge in [-0.2, -0.15) is 0 Å². The topological polar surface area (TPSA) is 116 Å². The minimum Gasteiger partial charge on any atom is -0.494 e. The Balaban J connectivity index is 1.40. The molecule has 27 heavy (non-hydrogen) atoms. The molecule has 2 amide bonds. The number of anilines is 1. The van der Waals surface area contributed by atoms with Crippen molar-refractivity contribution >= 4 is 23.2 Å². The van der Waals surface area contributed by atoms with Crippen molar-refractivity contribution in [2.24, 2.45) is 0 Å². The number of thiazole rings is 1. The second kappa shape index (κ2) is 8.86. The number of hydrogen-bond donors (Lipinski definition) is 4. The van der Waals surface area contributed by atoms with Crippen LogP contribution in [-0.4, -0.2) is 34.3 Å². The normalized spacial score (nSPS) is 10.4. The van der Waals surface area contributed by atoms with Gasteiger partial charge in [-0.3, -0.25) is 15.1 Å². The van der Waals surface area contributed by atoms with Crippen LogP contribution in [0, 0.1) is 0 Å². The third-order valence-corrected chi connectivity index (χ3v) is 4.42. The Bertz CT molecular complexity index is 938. The van der Waals surface area contributed by atoms with E-state index < -0.39 is 0 Å². The van der Waals surface area contributed by atoms with E-state index in [1.54, 1.807) is 36.5 Å². The van der Waals surface area contributed by atoms with E-state index in [1.165, 1.54) is 0 Å². The number of hydrogen-bond acceptors (Lipinski definition) is 6. The van der Waals surface area contributed by atoms with Crippen molar-refractivity contribution in [2.45, 2.75) is 6.42 Å². The molecule has 0 saturated heterocycles. The maximum absolute atomic E-state index is 11.7. The highest BCUT2D eigenvalue weighted by Crippen LogP contribution is 2.21. The molecule has 0 aliphatic carbocycles. The summed E-state index contributed by atoms with van der Waals surface area (Å²) in [6, 6.07) is 12.2. The molecule has 140 valence electrons. The molecular formula is C18H18N4O4S. The molecule has 0 aliphatic rings. The van der Waals surface area contributed by atoms with E-state index in [0.29, 0.717) is 36.0 Å². The van der Waals surface area contributed by atoms with Crippen LogP contribution in [-0.2, 0) is 6.42 Å². The number of urea groups is 1. The van der Waals surface area contributed by atoms with Gasteiger partial charge in [0.2, 0.25) is 5.88 Å². The number of ether oxygens (including phenoxy) is 1. The minimum absolute atomic E-state index is 0.0830. The molecule has 0 saturated carbocycles. The average molecular weight is 386 g/mol. The molecule has 2 aromatic heterocycles. The van der Waals surface area contributed by atoms with Crippen molar-refractivity contribution in [3.05, 3.63) is 68.8 Å². The van der Waals surface area contributed by atoms with Gasteiger partial charge in [0.25, 0.3) is 0 Å². The molecule has 1 aromatic carbocycles. The van der Waals surface area contributed by atoms with Gasteiger partial charge in [0.15, 0.2) is 0 Å². The monoisotopic (exact) mass is 386 g/mol. The van der Waals surface area contributed by atoms with Crippen molar-refractivity contribution in [1.82, 2.24) is 15.3 Å². The average Bonchev–Trinajstić information content (AvgIpc) is 2.98. The third-order valence-electron chi connectivity index (χ3n) is 3.55. The highest BCUT2D eigenvalue weighted by molar-refractivity contribution is 7.09. The molecule has 0 spiro atoms. The summed E-state index contributed by atoms with van der Waals surface area (Å²) >= 11 is 0.990. The number of rotatable bonds is 7. The number of H-pyrrole nitrogens is 1. The summed E-state index contributed by atoms with van der Waals surface area (Å²) in [5, 5.41) is 14.9. The number of carbonyl (C=O) groups excluding carboxylic acids is 1. The van der Waals surface area contributed by atoms with E-state index in [0.717, 1.165) is 16.9 Å². The van der Waals surface area contributed by atoms with Gasteiger partial charge >= 0.3 is 10.9 Å². The summed E-state index contributed by atoms with van der Waals surface area (Å²) in [6.07, 6.45) is 2.06. The predicted octanol–water partition coefficient (Wildman–Crippen LogP) is 2.33. The molecule has 0 unspecified atom stereocenters. The van der Waals surface area contributed by atoms with Gasteiger partial charge in [-0.1, -0.05) is 29.5 Å². The first-order valence-electron chi connectivity index (χ1n) is 8.19. The van der Waals surface area contributed by atoms with E-state index in [4.69, 9.17) is 4.74 Å². The van der Waals surface area contributed by atoms with Gasteiger partial charge in [0.1, 0.15) is 18.2 Å². The van der Waals surface area contributed by atoms with Crippen molar-refractivity contribution in [2.75, 3.05) is 18.5 Å². The standard InChI is InChI=1S/C18H18N4O4S/c23-16-14(27-18(25)22-16)11-12-4-6-13(7-5-12)26-10-9-20-17(24)21-15-3-1-2-8-19-15/h1-8,23H,9-11H2,(H,22,25)(H2,19,20,21,24). The summed E-state index contributed by atoms with van der Waals surface area (Å²) in [4.78, 5) is 29.6. The van der Waals surface area contributed by atoms with Gasteiger partial charge < -0.3 is 15.2 Å². The highest BCUT2D eigenvalue weighted by Gasteiger charge is 2.07. The van der Waals surface area contributed by atoms with E-state index in [2.05, 4.69) is 20.6 Å². The Kier molecular flexibility index (Phi) is 6.06. The molecule has 3 aromatic rings. The number of nitrogens with zero attached hydrogens (tertiary/aromatic N) is 1. The number of aromatic amines is 1. The van der Waals surface area contributed by atoms with E-state index in [-0.39, 0.29) is 16.8 Å². The quantitative estimate of drug-likeness (QED) is 0.465. The number of benzene rings is 1. The number of amides is 2. The van der Waals surface area contributed by atoms with Gasteiger partial charge in [-0.05, 0) is 29.8 Å².